The van der Waals surface area contributed by atoms with Crippen LogP contribution in [0.3, 0.4) is 0 Å². The highest BCUT2D eigenvalue weighted by Gasteiger charge is 2.13. The van der Waals surface area contributed by atoms with Crippen molar-refractivity contribution in [3.05, 3.63) is 59.7 Å². The predicted molar refractivity (Wildman–Crippen MR) is 82.9 cm³/mol. The third-order valence-electron chi connectivity index (χ3n) is 3.21. The lowest BCUT2D eigenvalue weighted by Crippen LogP contribution is -2.03. The number of carbonyl (C=O) groups is 1. The van der Waals surface area contributed by atoms with Gasteiger partial charge in [-0.1, -0.05) is 44.2 Å². The minimum atomic E-state index is -0.193. The second-order valence-corrected chi connectivity index (χ2v) is 5.41. The minimum absolute atomic E-state index is 0.0501. The lowest BCUT2D eigenvalue weighted by Gasteiger charge is -2.10. The molecular formula is C18H20O3. The van der Waals surface area contributed by atoms with Gasteiger partial charge in [0.15, 0.2) is 5.78 Å². The van der Waals surface area contributed by atoms with Crippen LogP contribution in [0.15, 0.2) is 48.5 Å². The van der Waals surface area contributed by atoms with Crippen LogP contribution in [0.2, 0.25) is 0 Å². The Morgan fingerprint density at radius 1 is 1.14 bits per heavy atom. The molecule has 0 radical (unpaired) electrons. The van der Waals surface area contributed by atoms with E-state index in [9.17, 15) is 9.90 Å². The smallest absolute Gasteiger partial charge is 0.196 e. The molecule has 0 spiro atoms. The fraction of sp³-hybridized carbons (Fsp3) is 0.278. The molecule has 0 amide bonds. The van der Waals surface area contributed by atoms with E-state index in [0.29, 0.717) is 23.8 Å². The summed E-state index contributed by atoms with van der Waals surface area (Å²) in [7, 11) is 0. The van der Waals surface area contributed by atoms with Gasteiger partial charge in [-0.3, -0.25) is 4.79 Å². The van der Waals surface area contributed by atoms with E-state index in [2.05, 4.69) is 13.8 Å². The molecule has 0 fully saturated rings. The average molecular weight is 284 g/mol. The number of carbonyl (C=O) groups excluding carboxylic acids is 1. The number of benzene rings is 2. The number of hydrogen-bond acceptors (Lipinski definition) is 3. The second-order valence-electron chi connectivity index (χ2n) is 5.41. The molecular weight excluding hydrogens is 264 g/mol. The summed E-state index contributed by atoms with van der Waals surface area (Å²) < 4.78 is 5.57. The zero-order valence-electron chi connectivity index (χ0n) is 12.4. The summed E-state index contributed by atoms with van der Waals surface area (Å²) in [6, 6.07) is 13.7. The number of rotatable bonds is 6. The highest BCUT2D eigenvalue weighted by Crippen LogP contribution is 2.26. The molecule has 0 aliphatic heterocycles. The Morgan fingerprint density at radius 3 is 2.48 bits per heavy atom. The molecule has 0 aliphatic carbocycles. The normalized spacial score (nSPS) is 10.6. The van der Waals surface area contributed by atoms with Gasteiger partial charge in [0.05, 0.1) is 12.2 Å². The standard InChI is InChI=1S/C18H20O3/c1-13(2)10-11-21-15-8-9-16(17(19)12-15)18(20)14-6-4-3-5-7-14/h3-9,12-13,19H,10-11H2,1-2H3. The van der Waals surface area contributed by atoms with Gasteiger partial charge in [-0.15, -0.1) is 0 Å². The first-order chi connectivity index (χ1) is 10.1. The lowest BCUT2D eigenvalue weighted by atomic mass is 10.0. The Balaban J connectivity index is 2.11. The van der Waals surface area contributed by atoms with Crippen LogP contribution in [0.1, 0.15) is 36.2 Å². The van der Waals surface area contributed by atoms with Crippen LogP contribution in [0.4, 0.5) is 0 Å². The summed E-state index contributed by atoms with van der Waals surface area (Å²) in [6.45, 7) is 4.86. The maximum absolute atomic E-state index is 12.3. The number of aromatic hydroxyl groups is 1. The summed E-state index contributed by atoms with van der Waals surface area (Å²) in [6.07, 6.45) is 0.950. The molecule has 0 bridgehead atoms. The summed E-state index contributed by atoms with van der Waals surface area (Å²) in [5.41, 5.74) is 0.846. The van der Waals surface area contributed by atoms with Gasteiger partial charge >= 0.3 is 0 Å². The summed E-state index contributed by atoms with van der Waals surface area (Å²) in [5, 5.41) is 10.0. The van der Waals surface area contributed by atoms with Crippen LogP contribution < -0.4 is 4.74 Å². The van der Waals surface area contributed by atoms with Crippen LogP contribution in [0, 0.1) is 5.92 Å². The number of hydrogen-bond donors (Lipinski definition) is 1. The second kappa shape index (κ2) is 6.93. The molecule has 1 N–H and O–H groups in total. The fourth-order valence-electron chi connectivity index (χ4n) is 1.95. The van der Waals surface area contributed by atoms with Crippen molar-refractivity contribution < 1.29 is 14.6 Å². The van der Waals surface area contributed by atoms with E-state index in [0.717, 1.165) is 6.42 Å². The summed E-state index contributed by atoms with van der Waals surface area (Å²) in [5.74, 6) is 0.906. The molecule has 3 heteroatoms. The van der Waals surface area contributed by atoms with E-state index in [1.54, 1.807) is 36.4 Å². The topological polar surface area (TPSA) is 46.5 Å². The van der Waals surface area contributed by atoms with Crippen molar-refractivity contribution in [3.8, 4) is 11.5 Å². The zero-order valence-corrected chi connectivity index (χ0v) is 12.4. The van der Waals surface area contributed by atoms with Gasteiger partial charge in [0, 0.05) is 11.6 Å². The first kappa shape index (κ1) is 15.1. The van der Waals surface area contributed by atoms with E-state index in [1.165, 1.54) is 6.07 Å². The SMILES string of the molecule is CC(C)CCOc1ccc(C(=O)c2ccccc2)c(O)c1. The fourth-order valence-corrected chi connectivity index (χ4v) is 1.95. The largest absolute Gasteiger partial charge is 0.507 e. The van der Waals surface area contributed by atoms with Crippen molar-refractivity contribution in [1.82, 2.24) is 0 Å². The molecule has 3 nitrogen and oxygen atoms in total. The highest BCUT2D eigenvalue weighted by atomic mass is 16.5. The molecule has 0 saturated heterocycles. The van der Waals surface area contributed by atoms with Gasteiger partial charge in [-0.05, 0) is 24.5 Å². The van der Waals surface area contributed by atoms with Crippen LogP contribution in [0.25, 0.3) is 0 Å². The van der Waals surface area contributed by atoms with E-state index in [-0.39, 0.29) is 17.1 Å². The highest BCUT2D eigenvalue weighted by molar-refractivity contribution is 6.10. The van der Waals surface area contributed by atoms with Crippen molar-refractivity contribution >= 4 is 5.78 Å². The molecule has 0 unspecified atom stereocenters. The average Bonchev–Trinajstić information content (AvgIpc) is 2.47. The maximum atomic E-state index is 12.3. The van der Waals surface area contributed by atoms with Crippen molar-refractivity contribution in [1.29, 1.82) is 0 Å². The molecule has 2 aromatic rings. The van der Waals surface area contributed by atoms with Crippen LogP contribution in [-0.2, 0) is 0 Å². The van der Waals surface area contributed by atoms with Gasteiger partial charge in [0.25, 0.3) is 0 Å². The molecule has 0 saturated carbocycles. The van der Waals surface area contributed by atoms with Crippen molar-refractivity contribution in [2.24, 2.45) is 5.92 Å². The molecule has 2 rings (SSSR count). The van der Waals surface area contributed by atoms with Gasteiger partial charge in [0.1, 0.15) is 11.5 Å². The van der Waals surface area contributed by atoms with Crippen molar-refractivity contribution in [2.45, 2.75) is 20.3 Å². The summed E-state index contributed by atoms with van der Waals surface area (Å²) in [4.78, 5) is 12.3. The Morgan fingerprint density at radius 2 is 1.86 bits per heavy atom. The zero-order chi connectivity index (χ0) is 15.2. The quantitative estimate of drug-likeness (QED) is 0.814. The first-order valence-corrected chi connectivity index (χ1v) is 7.13. The molecule has 0 heterocycles. The van der Waals surface area contributed by atoms with E-state index in [4.69, 9.17) is 4.74 Å². The van der Waals surface area contributed by atoms with Crippen LogP contribution in [-0.4, -0.2) is 17.5 Å². The number of ether oxygens (including phenoxy) is 1. The van der Waals surface area contributed by atoms with E-state index >= 15 is 0 Å². The molecule has 21 heavy (non-hydrogen) atoms. The number of ketones is 1. The Labute approximate surface area is 125 Å². The lowest BCUT2D eigenvalue weighted by molar-refractivity contribution is 0.103. The van der Waals surface area contributed by atoms with E-state index < -0.39 is 0 Å². The third-order valence-corrected chi connectivity index (χ3v) is 3.21. The number of phenolic OH excluding ortho intramolecular Hbond substituents is 1. The van der Waals surface area contributed by atoms with E-state index in [1.807, 2.05) is 6.07 Å². The molecule has 0 aliphatic rings. The molecule has 2 aromatic carbocycles. The van der Waals surface area contributed by atoms with Gasteiger partial charge < -0.3 is 9.84 Å². The van der Waals surface area contributed by atoms with Crippen LogP contribution in [0.5, 0.6) is 11.5 Å². The third kappa shape index (κ3) is 4.09. The molecule has 110 valence electrons. The van der Waals surface area contributed by atoms with Gasteiger partial charge in [-0.2, -0.15) is 0 Å². The molecule has 0 atom stereocenters. The number of phenols is 1. The summed E-state index contributed by atoms with van der Waals surface area (Å²) >= 11 is 0. The first-order valence-electron chi connectivity index (χ1n) is 7.13. The van der Waals surface area contributed by atoms with Crippen molar-refractivity contribution in [2.75, 3.05) is 6.61 Å². The van der Waals surface area contributed by atoms with Crippen LogP contribution >= 0.6 is 0 Å². The predicted octanol–water partition coefficient (Wildman–Crippen LogP) is 4.05. The molecule has 0 aromatic heterocycles. The Bertz CT molecular complexity index is 603. The van der Waals surface area contributed by atoms with Gasteiger partial charge in [-0.25, -0.2) is 0 Å². The minimum Gasteiger partial charge on any atom is -0.507 e. The Hall–Kier alpha value is -2.29. The Kier molecular flexibility index (Phi) is 4.99. The van der Waals surface area contributed by atoms with Gasteiger partial charge in [0.2, 0.25) is 0 Å². The monoisotopic (exact) mass is 284 g/mol. The maximum Gasteiger partial charge on any atom is 0.196 e. The van der Waals surface area contributed by atoms with Crippen molar-refractivity contribution in [3.63, 3.8) is 0 Å².